The Morgan fingerprint density at radius 1 is 1.24 bits per heavy atom. The SMILES string of the molecule is CCOC1(C(=O)c2ccc(OC3CC3)cc2)CCOCC1. The number of hydrogen-bond donors (Lipinski definition) is 0. The highest BCUT2D eigenvalue weighted by Gasteiger charge is 2.41. The van der Waals surface area contributed by atoms with Gasteiger partial charge < -0.3 is 14.2 Å². The van der Waals surface area contributed by atoms with Gasteiger partial charge in [-0.3, -0.25) is 4.79 Å². The van der Waals surface area contributed by atoms with Crippen LogP contribution in [0.2, 0.25) is 0 Å². The smallest absolute Gasteiger partial charge is 0.194 e. The highest BCUT2D eigenvalue weighted by Crippen LogP contribution is 2.31. The van der Waals surface area contributed by atoms with E-state index < -0.39 is 5.60 Å². The molecule has 0 spiro atoms. The molecule has 1 saturated carbocycles. The van der Waals surface area contributed by atoms with Gasteiger partial charge in [-0.15, -0.1) is 0 Å². The molecular formula is C17H22O4. The number of hydrogen-bond acceptors (Lipinski definition) is 4. The van der Waals surface area contributed by atoms with E-state index in [4.69, 9.17) is 14.2 Å². The van der Waals surface area contributed by atoms with E-state index in [9.17, 15) is 4.79 Å². The third-order valence-corrected chi connectivity index (χ3v) is 4.08. The van der Waals surface area contributed by atoms with Gasteiger partial charge in [0.25, 0.3) is 0 Å². The largest absolute Gasteiger partial charge is 0.490 e. The molecule has 1 aromatic carbocycles. The van der Waals surface area contributed by atoms with Crippen LogP contribution in [0.3, 0.4) is 0 Å². The summed E-state index contributed by atoms with van der Waals surface area (Å²) < 4.78 is 16.9. The minimum Gasteiger partial charge on any atom is -0.490 e. The summed E-state index contributed by atoms with van der Waals surface area (Å²) in [7, 11) is 0. The van der Waals surface area contributed by atoms with Gasteiger partial charge in [0.2, 0.25) is 0 Å². The Kier molecular flexibility index (Phi) is 4.27. The van der Waals surface area contributed by atoms with E-state index in [1.165, 1.54) is 0 Å². The normalized spacial score (nSPS) is 21.0. The third kappa shape index (κ3) is 3.27. The Morgan fingerprint density at radius 2 is 1.90 bits per heavy atom. The Labute approximate surface area is 125 Å². The number of benzene rings is 1. The van der Waals surface area contributed by atoms with Crippen molar-refractivity contribution in [2.45, 2.75) is 44.3 Å². The molecule has 0 bridgehead atoms. The first-order valence-electron chi connectivity index (χ1n) is 7.77. The molecule has 0 radical (unpaired) electrons. The number of rotatable bonds is 6. The molecule has 21 heavy (non-hydrogen) atoms. The van der Waals surface area contributed by atoms with Crippen LogP contribution in [-0.4, -0.2) is 37.3 Å². The van der Waals surface area contributed by atoms with Gasteiger partial charge in [0.05, 0.1) is 6.10 Å². The highest BCUT2D eigenvalue weighted by molar-refractivity contribution is 6.02. The lowest BCUT2D eigenvalue weighted by Gasteiger charge is -2.35. The molecule has 2 fully saturated rings. The predicted octanol–water partition coefficient (Wildman–Crippen LogP) is 3.00. The Hall–Kier alpha value is -1.39. The average molecular weight is 290 g/mol. The van der Waals surface area contributed by atoms with Crippen molar-refractivity contribution in [3.63, 3.8) is 0 Å². The second-order valence-electron chi connectivity index (χ2n) is 5.71. The summed E-state index contributed by atoms with van der Waals surface area (Å²) >= 11 is 0. The van der Waals surface area contributed by atoms with Crippen LogP contribution in [0.1, 0.15) is 43.0 Å². The number of Topliss-reactive ketones (excluding diaryl/α,β-unsaturated/α-hetero) is 1. The molecule has 1 aromatic rings. The van der Waals surface area contributed by atoms with Crippen LogP contribution < -0.4 is 4.74 Å². The number of ether oxygens (including phenoxy) is 3. The Morgan fingerprint density at radius 3 is 2.48 bits per heavy atom. The van der Waals surface area contributed by atoms with Crippen molar-refractivity contribution in [1.29, 1.82) is 0 Å². The molecule has 4 heteroatoms. The number of ketones is 1. The van der Waals surface area contributed by atoms with E-state index in [1.807, 2.05) is 31.2 Å². The molecular weight excluding hydrogens is 268 g/mol. The minimum atomic E-state index is -0.716. The predicted molar refractivity (Wildman–Crippen MR) is 78.8 cm³/mol. The van der Waals surface area contributed by atoms with Crippen LogP contribution in [0.4, 0.5) is 0 Å². The lowest BCUT2D eigenvalue weighted by Crippen LogP contribution is -2.46. The molecule has 1 aliphatic heterocycles. The summed E-state index contributed by atoms with van der Waals surface area (Å²) in [6.45, 7) is 3.62. The molecule has 2 aliphatic rings. The van der Waals surface area contributed by atoms with Gasteiger partial charge in [-0.2, -0.15) is 0 Å². The zero-order chi connectivity index (χ0) is 14.7. The van der Waals surface area contributed by atoms with Crippen LogP contribution in [0, 0.1) is 0 Å². The van der Waals surface area contributed by atoms with Gasteiger partial charge >= 0.3 is 0 Å². The standard InChI is InChI=1S/C17H22O4/c1-2-20-17(9-11-19-12-10-17)16(18)13-3-5-14(6-4-13)21-15-7-8-15/h3-6,15H,2,7-12H2,1H3. The van der Waals surface area contributed by atoms with Gasteiger partial charge in [-0.05, 0) is 44.0 Å². The first-order valence-corrected chi connectivity index (χ1v) is 7.77. The summed E-state index contributed by atoms with van der Waals surface area (Å²) in [6.07, 6.45) is 3.89. The summed E-state index contributed by atoms with van der Waals surface area (Å²) in [5.74, 6) is 0.900. The van der Waals surface area contributed by atoms with Gasteiger partial charge in [0, 0.05) is 38.2 Å². The van der Waals surface area contributed by atoms with Gasteiger partial charge in [0.15, 0.2) is 5.78 Å². The molecule has 0 N–H and O–H groups in total. The van der Waals surface area contributed by atoms with Gasteiger partial charge in [-0.1, -0.05) is 0 Å². The van der Waals surface area contributed by atoms with Crippen LogP contribution in [0.5, 0.6) is 5.75 Å². The zero-order valence-corrected chi connectivity index (χ0v) is 12.5. The third-order valence-electron chi connectivity index (χ3n) is 4.08. The first kappa shape index (κ1) is 14.5. The van der Waals surface area contributed by atoms with E-state index in [-0.39, 0.29) is 5.78 Å². The van der Waals surface area contributed by atoms with Crippen LogP contribution >= 0.6 is 0 Å². The van der Waals surface area contributed by atoms with Crippen molar-refractivity contribution in [3.8, 4) is 5.75 Å². The summed E-state index contributed by atoms with van der Waals surface area (Å²) in [5, 5.41) is 0. The van der Waals surface area contributed by atoms with Crippen molar-refractivity contribution in [2.24, 2.45) is 0 Å². The van der Waals surface area contributed by atoms with Crippen LogP contribution in [-0.2, 0) is 9.47 Å². The Balaban J connectivity index is 1.74. The van der Waals surface area contributed by atoms with Gasteiger partial charge in [0.1, 0.15) is 11.4 Å². The van der Waals surface area contributed by atoms with Crippen LogP contribution in [0.15, 0.2) is 24.3 Å². The van der Waals surface area contributed by atoms with E-state index in [0.717, 1.165) is 18.6 Å². The summed E-state index contributed by atoms with van der Waals surface area (Å²) in [6, 6.07) is 7.45. The van der Waals surface area contributed by atoms with Crippen molar-refractivity contribution in [3.05, 3.63) is 29.8 Å². The minimum absolute atomic E-state index is 0.0608. The second-order valence-corrected chi connectivity index (χ2v) is 5.71. The lowest BCUT2D eigenvalue weighted by molar-refractivity contribution is -0.0822. The van der Waals surface area contributed by atoms with E-state index >= 15 is 0 Å². The molecule has 1 heterocycles. The molecule has 0 amide bonds. The highest BCUT2D eigenvalue weighted by atomic mass is 16.5. The molecule has 0 atom stereocenters. The molecule has 0 aromatic heterocycles. The van der Waals surface area contributed by atoms with Crippen LogP contribution in [0.25, 0.3) is 0 Å². The summed E-state index contributed by atoms with van der Waals surface area (Å²) in [4.78, 5) is 12.8. The molecule has 1 saturated heterocycles. The average Bonchev–Trinajstić information content (AvgIpc) is 3.33. The molecule has 1 aliphatic carbocycles. The number of carbonyl (C=O) groups is 1. The van der Waals surface area contributed by atoms with Gasteiger partial charge in [-0.25, -0.2) is 0 Å². The molecule has 0 unspecified atom stereocenters. The summed E-state index contributed by atoms with van der Waals surface area (Å²) in [5.41, 5.74) is -0.0280. The fourth-order valence-electron chi connectivity index (χ4n) is 2.74. The van der Waals surface area contributed by atoms with Crippen molar-refractivity contribution < 1.29 is 19.0 Å². The van der Waals surface area contributed by atoms with E-state index in [2.05, 4.69) is 0 Å². The molecule has 3 rings (SSSR count). The quantitative estimate of drug-likeness (QED) is 0.756. The van der Waals surface area contributed by atoms with Crippen molar-refractivity contribution in [1.82, 2.24) is 0 Å². The van der Waals surface area contributed by atoms with Crippen molar-refractivity contribution in [2.75, 3.05) is 19.8 Å². The Bertz CT molecular complexity index is 479. The maximum absolute atomic E-state index is 12.8. The monoisotopic (exact) mass is 290 g/mol. The fourth-order valence-corrected chi connectivity index (χ4v) is 2.74. The lowest BCUT2D eigenvalue weighted by atomic mass is 9.85. The number of carbonyl (C=O) groups excluding carboxylic acids is 1. The fraction of sp³-hybridized carbons (Fsp3) is 0.588. The molecule has 114 valence electrons. The molecule has 4 nitrogen and oxygen atoms in total. The zero-order valence-electron chi connectivity index (χ0n) is 12.5. The first-order chi connectivity index (χ1) is 10.2. The second kappa shape index (κ2) is 6.16. The maximum atomic E-state index is 12.8. The van der Waals surface area contributed by atoms with Crippen molar-refractivity contribution >= 4 is 5.78 Å². The van der Waals surface area contributed by atoms with E-state index in [1.54, 1.807) is 0 Å². The maximum Gasteiger partial charge on any atom is 0.194 e. The topological polar surface area (TPSA) is 44.8 Å². The van der Waals surface area contributed by atoms with E-state index in [0.29, 0.717) is 44.3 Å².